The van der Waals surface area contributed by atoms with Crippen LogP contribution in [0.4, 0.5) is 5.69 Å². The number of anilines is 1. The van der Waals surface area contributed by atoms with Crippen LogP contribution in [0.3, 0.4) is 0 Å². The highest BCUT2D eigenvalue weighted by atomic mass is 127. The van der Waals surface area contributed by atoms with Gasteiger partial charge in [0.1, 0.15) is 11.2 Å². The fraction of sp³-hybridized carbons (Fsp3) is 0.559. The summed E-state index contributed by atoms with van der Waals surface area (Å²) >= 11 is 8.40. The van der Waals surface area contributed by atoms with E-state index in [4.69, 9.17) is 67.0 Å². The number of hydrogen-bond donors (Lipinski definition) is 10. The Balaban J connectivity index is 0.000000501. The molecule has 0 spiro atoms. The second kappa shape index (κ2) is 22.1. The number of carboxylic acids is 6. The van der Waals surface area contributed by atoms with Crippen LogP contribution in [0, 0.1) is 0 Å². The average Bonchev–Trinajstić information content (AvgIpc) is 3.06. The molecule has 56 heavy (non-hydrogen) atoms. The van der Waals surface area contributed by atoms with Gasteiger partial charge in [0.15, 0.2) is 17.5 Å². The van der Waals surface area contributed by atoms with E-state index in [2.05, 4.69) is 52.1 Å². The Hall–Kier alpha value is -3.97. The quantitative estimate of drug-likeness (QED) is 0.0419. The lowest BCUT2D eigenvalue weighted by Gasteiger charge is -2.47. The van der Waals surface area contributed by atoms with E-state index in [1.165, 1.54) is 0 Å². The zero-order valence-electron chi connectivity index (χ0n) is 30.9. The fourth-order valence-corrected chi connectivity index (χ4v) is 5.99. The lowest BCUT2D eigenvalue weighted by atomic mass is 9.89. The molecule has 2 aromatic rings. The van der Waals surface area contributed by atoms with Gasteiger partial charge in [-0.1, -0.05) is 34.2 Å². The van der Waals surface area contributed by atoms with E-state index in [0.717, 1.165) is 46.9 Å². The summed E-state index contributed by atoms with van der Waals surface area (Å²) in [6, 6.07) is 8.10. The van der Waals surface area contributed by atoms with Crippen molar-refractivity contribution < 1.29 is 84.1 Å². The van der Waals surface area contributed by atoms with Crippen LogP contribution in [-0.4, -0.2) is 134 Å². The summed E-state index contributed by atoms with van der Waals surface area (Å²) in [5, 5.41) is 76.4. The first-order valence-corrected chi connectivity index (χ1v) is 18.6. The van der Waals surface area contributed by atoms with Crippen LogP contribution >= 0.6 is 34.2 Å². The van der Waals surface area contributed by atoms with Crippen LogP contribution in [0.1, 0.15) is 66.2 Å². The zero-order valence-corrected chi connectivity index (χ0v) is 33.8. The van der Waals surface area contributed by atoms with Gasteiger partial charge in [0, 0.05) is 52.3 Å². The highest BCUT2D eigenvalue weighted by Gasteiger charge is 2.49. The third kappa shape index (κ3) is 16.3. The molecule has 0 saturated carbocycles. The predicted molar refractivity (Wildman–Crippen MR) is 205 cm³/mol. The monoisotopic (exact) mass is 931 g/mol. The van der Waals surface area contributed by atoms with Gasteiger partial charge >= 0.3 is 35.8 Å². The Morgan fingerprint density at radius 2 is 1.36 bits per heavy atom. The zero-order chi connectivity index (χ0) is 43.1. The first-order chi connectivity index (χ1) is 25.8. The number of rotatable bonds is 19. The topological polar surface area (TPSA) is 329 Å². The predicted octanol–water partition coefficient (Wildman–Crippen LogP) is 2.84. The Labute approximate surface area is 339 Å². The maximum absolute atomic E-state index is 10.3. The van der Waals surface area contributed by atoms with Crippen molar-refractivity contribution in [2.45, 2.75) is 101 Å². The number of nitrogens with zero attached hydrogens (tertiary/aromatic N) is 1. The standard InChI is InChI=1S/C22H31ClIN3O3.2C6H8O7/c1-15(5-8-20-28-22(4,14-24)21(2,3)30-29-20)25-11-12-27-18-9-10-26-19-13-16(23)6-7-17(18)19;2*7-3(8)1-6(13,5(11)12)2-4(9)10/h6-7,9-10,13,15,20,25H,5,8,11-12,14H2,1-4H3,(H,26,27);2*13H,1-2H2,(H,7,8)(H,9,10)(H,11,12). The van der Waals surface area contributed by atoms with Gasteiger partial charge in [-0.2, -0.15) is 0 Å². The molecule has 3 atom stereocenters. The maximum Gasteiger partial charge on any atom is 0.336 e. The minimum atomic E-state index is -2.74. The van der Waals surface area contributed by atoms with Crippen LogP contribution in [0.5, 0.6) is 0 Å². The molecule has 0 radical (unpaired) electrons. The Morgan fingerprint density at radius 3 is 1.80 bits per heavy atom. The van der Waals surface area contributed by atoms with E-state index in [-0.39, 0.29) is 11.9 Å². The first-order valence-electron chi connectivity index (χ1n) is 16.7. The third-order valence-corrected chi connectivity index (χ3v) is 10.0. The molecular weight excluding hydrogens is 885 g/mol. The molecular formula is C34H47ClIN3O17. The molecule has 10 N–H and O–H groups in total. The summed E-state index contributed by atoms with van der Waals surface area (Å²) in [6.07, 6.45) is -1.40. The molecule has 1 saturated heterocycles. The van der Waals surface area contributed by atoms with Gasteiger partial charge < -0.3 is 56.2 Å². The Bertz CT molecular complexity index is 1610. The number of aliphatic carboxylic acids is 6. The molecule has 1 fully saturated rings. The van der Waals surface area contributed by atoms with Gasteiger partial charge in [0.2, 0.25) is 0 Å². The minimum absolute atomic E-state index is 0.338. The number of carbonyl (C=O) groups is 6. The van der Waals surface area contributed by atoms with E-state index >= 15 is 0 Å². The summed E-state index contributed by atoms with van der Waals surface area (Å²) in [5.74, 6) is -10.0. The van der Waals surface area contributed by atoms with Gasteiger partial charge in [-0.3, -0.25) is 24.2 Å². The van der Waals surface area contributed by atoms with Crippen molar-refractivity contribution in [3.63, 3.8) is 0 Å². The molecule has 0 bridgehead atoms. The van der Waals surface area contributed by atoms with Crippen molar-refractivity contribution in [2.24, 2.45) is 0 Å². The van der Waals surface area contributed by atoms with Crippen LogP contribution in [-0.2, 0) is 43.3 Å². The van der Waals surface area contributed by atoms with Crippen LogP contribution in [0.15, 0.2) is 30.5 Å². The van der Waals surface area contributed by atoms with Crippen LogP contribution < -0.4 is 10.6 Å². The number of pyridine rings is 1. The molecule has 0 amide bonds. The average molecular weight is 932 g/mol. The maximum atomic E-state index is 10.3. The molecule has 2 heterocycles. The summed E-state index contributed by atoms with van der Waals surface area (Å²) in [5.41, 5.74) is -4.36. The number of nitrogens with one attached hydrogen (secondary N) is 2. The van der Waals surface area contributed by atoms with Crippen molar-refractivity contribution in [1.29, 1.82) is 0 Å². The molecule has 1 aliphatic heterocycles. The number of aromatic nitrogens is 1. The summed E-state index contributed by atoms with van der Waals surface area (Å²) < 4.78 is 7.05. The minimum Gasteiger partial charge on any atom is -0.481 e. The molecule has 3 rings (SSSR count). The summed E-state index contributed by atoms with van der Waals surface area (Å²) in [6.45, 7) is 9.92. The molecule has 1 aromatic carbocycles. The van der Waals surface area contributed by atoms with E-state index < -0.39 is 78.3 Å². The molecule has 0 aliphatic carbocycles. The highest BCUT2D eigenvalue weighted by molar-refractivity contribution is 14.1. The van der Waals surface area contributed by atoms with Crippen LogP contribution in [0.2, 0.25) is 5.02 Å². The number of fused-ring (bicyclic) bond motifs is 1. The number of halogens is 2. The van der Waals surface area contributed by atoms with Crippen molar-refractivity contribution in [3.8, 4) is 0 Å². The van der Waals surface area contributed by atoms with E-state index in [1.807, 2.05) is 38.1 Å². The number of carboxylic acid groups (broad SMARTS) is 6. The highest BCUT2D eigenvalue weighted by Crippen LogP contribution is 2.38. The van der Waals surface area contributed by atoms with Gasteiger partial charge in [0.25, 0.3) is 0 Å². The first kappa shape index (κ1) is 50.0. The van der Waals surface area contributed by atoms with E-state index in [9.17, 15) is 28.8 Å². The Kier molecular flexibility index (Phi) is 19.7. The molecule has 3 unspecified atom stereocenters. The lowest BCUT2D eigenvalue weighted by Crippen LogP contribution is -2.59. The molecule has 1 aromatic heterocycles. The van der Waals surface area contributed by atoms with Crippen molar-refractivity contribution in [2.75, 3.05) is 22.8 Å². The molecule has 22 heteroatoms. The normalized spacial score (nSPS) is 18.2. The fourth-order valence-electron chi connectivity index (χ4n) is 4.72. The van der Waals surface area contributed by atoms with Crippen LogP contribution in [0.25, 0.3) is 10.9 Å². The second-order valence-corrected chi connectivity index (χ2v) is 14.6. The van der Waals surface area contributed by atoms with Crippen molar-refractivity contribution in [1.82, 2.24) is 10.3 Å². The number of benzene rings is 1. The largest absolute Gasteiger partial charge is 0.481 e. The summed E-state index contributed by atoms with van der Waals surface area (Å²) in [7, 11) is 0. The lowest BCUT2D eigenvalue weighted by molar-refractivity contribution is -0.499. The van der Waals surface area contributed by atoms with E-state index in [0.29, 0.717) is 11.1 Å². The van der Waals surface area contributed by atoms with Gasteiger partial charge in [-0.15, -0.1) is 0 Å². The molecule has 20 nitrogen and oxygen atoms in total. The number of alkyl halides is 1. The number of hydrogen-bond acceptors (Lipinski definition) is 14. The Morgan fingerprint density at radius 1 is 0.857 bits per heavy atom. The smallest absolute Gasteiger partial charge is 0.336 e. The number of ether oxygens (including phenoxy) is 1. The second-order valence-electron chi connectivity index (χ2n) is 13.4. The summed E-state index contributed by atoms with van der Waals surface area (Å²) in [4.78, 5) is 76.5. The van der Waals surface area contributed by atoms with E-state index in [1.54, 1.807) is 6.20 Å². The molecule has 1 aliphatic rings. The van der Waals surface area contributed by atoms with Gasteiger partial charge in [-0.25, -0.2) is 19.4 Å². The molecule has 314 valence electrons. The van der Waals surface area contributed by atoms with Gasteiger partial charge in [-0.05, 0) is 58.4 Å². The van der Waals surface area contributed by atoms with Crippen molar-refractivity contribution in [3.05, 3.63) is 35.5 Å². The van der Waals surface area contributed by atoms with Crippen molar-refractivity contribution >= 4 is 86.6 Å². The third-order valence-electron chi connectivity index (χ3n) is 8.33. The number of aliphatic hydroxyl groups is 2. The van der Waals surface area contributed by atoms with Gasteiger partial charge in [0.05, 0.1) is 31.2 Å². The SMILES string of the molecule is CC(CCC1OOC(C)(C)C(C)(CI)O1)NCCNc1ccnc2cc(Cl)ccc12.O=C(O)CC(O)(CC(=O)O)C(=O)O.O=C(O)CC(O)(CC(=O)O)C(=O)O.